The van der Waals surface area contributed by atoms with E-state index in [1.807, 2.05) is 0 Å². The molecule has 18 heavy (non-hydrogen) atoms. The van der Waals surface area contributed by atoms with Gasteiger partial charge in [-0.2, -0.15) is 0 Å². The number of likely N-dealkylation sites (N-methyl/N-ethyl adjacent to an activating group) is 1. The largest absolute Gasteiger partial charge is 0.329 e. The SMILES string of the molecule is CCC1CCC(CN)(N(C)CC2CCCCC2)C1. The normalized spacial score (nSPS) is 34.3. The molecule has 2 N–H and O–H groups in total. The van der Waals surface area contributed by atoms with E-state index in [1.54, 1.807) is 0 Å². The molecule has 0 heterocycles. The Kier molecular flexibility index (Phi) is 5.08. The molecule has 0 amide bonds. The quantitative estimate of drug-likeness (QED) is 0.812. The third-order valence-corrected chi connectivity index (χ3v) is 5.71. The summed E-state index contributed by atoms with van der Waals surface area (Å²) in [5.74, 6) is 1.86. The van der Waals surface area contributed by atoms with E-state index in [9.17, 15) is 0 Å². The topological polar surface area (TPSA) is 29.3 Å². The number of hydrogen-bond donors (Lipinski definition) is 1. The highest BCUT2D eigenvalue weighted by Crippen LogP contribution is 2.40. The molecule has 0 aliphatic heterocycles. The zero-order valence-electron chi connectivity index (χ0n) is 12.5. The van der Waals surface area contributed by atoms with Gasteiger partial charge in [0.1, 0.15) is 0 Å². The van der Waals surface area contributed by atoms with Gasteiger partial charge in [-0.3, -0.25) is 4.90 Å². The predicted octanol–water partition coefficient (Wildman–Crippen LogP) is 3.41. The van der Waals surface area contributed by atoms with Crippen LogP contribution in [0.1, 0.15) is 64.7 Å². The molecule has 2 unspecified atom stereocenters. The van der Waals surface area contributed by atoms with Gasteiger partial charge in [0.25, 0.3) is 0 Å². The van der Waals surface area contributed by atoms with Crippen LogP contribution in [0, 0.1) is 11.8 Å². The second-order valence-corrected chi connectivity index (χ2v) is 6.83. The van der Waals surface area contributed by atoms with Crippen LogP contribution in [0.3, 0.4) is 0 Å². The summed E-state index contributed by atoms with van der Waals surface area (Å²) < 4.78 is 0. The van der Waals surface area contributed by atoms with Crippen molar-refractivity contribution < 1.29 is 0 Å². The second kappa shape index (κ2) is 6.38. The highest BCUT2D eigenvalue weighted by molar-refractivity contribution is 4.98. The van der Waals surface area contributed by atoms with Crippen molar-refractivity contribution in [3.05, 3.63) is 0 Å². The van der Waals surface area contributed by atoms with E-state index in [1.165, 1.54) is 64.3 Å². The van der Waals surface area contributed by atoms with E-state index in [0.717, 1.165) is 18.4 Å². The van der Waals surface area contributed by atoms with Crippen LogP contribution in [-0.2, 0) is 0 Å². The van der Waals surface area contributed by atoms with E-state index in [4.69, 9.17) is 5.73 Å². The lowest BCUT2D eigenvalue weighted by atomic mass is 9.86. The summed E-state index contributed by atoms with van der Waals surface area (Å²) >= 11 is 0. The first-order valence-corrected chi connectivity index (χ1v) is 8.11. The van der Waals surface area contributed by atoms with Gasteiger partial charge in [0, 0.05) is 18.6 Å². The molecule has 2 nitrogen and oxygen atoms in total. The minimum absolute atomic E-state index is 0.331. The maximum Gasteiger partial charge on any atom is 0.0331 e. The van der Waals surface area contributed by atoms with Gasteiger partial charge < -0.3 is 5.73 Å². The number of rotatable bonds is 5. The van der Waals surface area contributed by atoms with Crippen LogP contribution in [0.25, 0.3) is 0 Å². The van der Waals surface area contributed by atoms with Crippen molar-refractivity contribution in [3.8, 4) is 0 Å². The maximum absolute atomic E-state index is 6.15. The third kappa shape index (κ3) is 3.08. The van der Waals surface area contributed by atoms with Gasteiger partial charge in [0.05, 0.1) is 0 Å². The molecule has 0 bridgehead atoms. The van der Waals surface area contributed by atoms with Crippen molar-refractivity contribution in [2.75, 3.05) is 20.1 Å². The summed E-state index contributed by atoms with van der Waals surface area (Å²) in [6.07, 6.45) is 12.6. The van der Waals surface area contributed by atoms with Crippen LogP contribution in [0.5, 0.6) is 0 Å². The van der Waals surface area contributed by atoms with Crippen LogP contribution in [0.2, 0.25) is 0 Å². The average Bonchev–Trinajstić information content (AvgIpc) is 2.85. The van der Waals surface area contributed by atoms with E-state index < -0.39 is 0 Å². The summed E-state index contributed by atoms with van der Waals surface area (Å²) in [5, 5.41) is 0. The zero-order valence-corrected chi connectivity index (χ0v) is 12.5. The van der Waals surface area contributed by atoms with Crippen LogP contribution in [0.4, 0.5) is 0 Å². The summed E-state index contributed by atoms with van der Waals surface area (Å²) in [7, 11) is 2.33. The van der Waals surface area contributed by atoms with Crippen molar-refractivity contribution in [2.45, 2.75) is 70.3 Å². The van der Waals surface area contributed by atoms with Crippen molar-refractivity contribution in [2.24, 2.45) is 17.6 Å². The Morgan fingerprint density at radius 2 is 1.83 bits per heavy atom. The minimum atomic E-state index is 0.331. The smallest absolute Gasteiger partial charge is 0.0331 e. The highest BCUT2D eigenvalue weighted by Gasteiger charge is 2.40. The molecule has 2 aliphatic rings. The summed E-state index contributed by atoms with van der Waals surface area (Å²) in [6.45, 7) is 4.47. The Balaban J connectivity index is 1.90. The lowest BCUT2D eigenvalue weighted by Gasteiger charge is -2.41. The Bertz CT molecular complexity index is 247. The molecule has 0 spiro atoms. The van der Waals surface area contributed by atoms with E-state index >= 15 is 0 Å². The molecular weight excluding hydrogens is 220 g/mol. The zero-order chi connectivity index (χ0) is 13.0. The van der Waals surface area contributed by atoms with E-state index in [0.29, 0.717) is 5.54 Å². The fourth-order valence-electron chi connectivity index (χ4n) is 4.20. The van der Waals surface area contributed by atoms with Crippen molar-refractivity contribution in [1.29, 1.82) is 0 Å². The van der Waals surface area contributed by atoms with Crippen molar-refractivity contribution in [1.82, 2.24) is 4.90 Å². The molecular formula is C16H32N2. The van der Waals surface area contributed by atoms with Gasteiger partial charge in [0.2, 0.25) is 0 Å². The van der Waals surface area contributed by atoms with Gasteiger partial charge in [-0.15, -0.1) is 0 Å². The van der Waals surface area contributed by atoms with Crippen LogP contribution >= 0.6 is 0 Å². The molecule has 0 saturated heterocycles. The van der Waals surface area contributed by atoms with Gasteiger partial charge in [0.15, 0.2) is 0 Å². The van der Waals surface area contributed by atoms with Gasteiger partial charge in [-0.25, -0.2) is 0 Å². The van der Waals surface area contributed by atoms with Crippen molar-refractivity contribution >= 4 is 0 Å². The molecule has 2 heteroatoms. The number of hydrogen-bond acceptors (Lipinski definition) is 2. The number of nitrogens with zero attached hydrogens (tertiary/aromatic N) is 1. The van der Waals surface area contributed by atoms with E-state index in [2.05, 4.69) is 18.9 Å². The minimum Gasteiger partial charge on any atom is -0.329 e. The van der Waals surface area contributed by atoms with Crippen LogP contribution in [-0.4, -0.2) is 30.6 Å². The van der Waals surface area contributed by atoms with Gasteiger partial charge in [-0.05, 0) is 51.0 Å². The second-order valence-electron chi connectivity index (χ2n) is 6.83. The standard InChI is InChI=1S/C16H32N2/c1-3-14-9-10-16(11-14,13-17)18(2)12-15-7-5-4-6-8-15/h14-15H,3-13,17H2,1-2H3. The number of nitrogens with two attached hydrogens (primary N) is 1. The molecule has 2 atom stereocenters. The Morgan fingerprint density at radius 3 is 2.39 bits per heavy atom. The fourth-order valence-corrected chi connectivity index (χ4v) is 4.20. The van der Waals surface area contributed by atoms with E-state index in [-0.39, 0.29) is 0 Å². The molecule has 2 rings (SSSR count). The first-order chi connectivity index (χ1) is 8.70. The molecule has 2 aliphatic carbocycles. The summed E-state index contributed by atoms with van der Waals surface area (Å²) in [6, 6.07) is 0. The first-order valence-electron chi connectivity index (χ1n) is 8.11. The first kappa shape index (κ1) is 14.3. The van der Waals surface area contributed by atoms with Crippen LogP contribution in [0.15, 0.2) is 0 Å². The Hall–Kier alpha value is -0.0800. The predicted molar refractivity (Wildman–Crippen MR) is 78.6 cm³/mol. The average molecular weight is 252 g/mol. The molecule has 0 radical (unpaired) electrons. The van der Waals surface area contributed by atoms with Gasteiger partial charge in [-0.1, -0.05) is 32.6 Å². The highest BCUT2D eigenvalue weighted by atomic mass is 15.2. The Labute approximate surface area is 113 Å². The lowest BCUT2D eigenvalue weighted by molar-refractivity contribution is 0.0964. The lowest BCUT2D eigenvalue weighted by Crippen LogP contribution is -2.52. The van der Waals surface area contributed by atoms with Crippen molar-refractivity contribution in [3.63, 3.8) is 0 Å². The monoisotopic (exact) mass is 252 g/mol. The van der Waals surface area contributed by atoms with Gasteiger partial charge >= 0.3 is 0 Å². The Morgan fingerprint density at radius 1 is 1.11 bits per heavy atom. The molecule has 106 valence electrons. The van der Waals surface area contributed by atoms with Crippen LogP contribution < -0.4 is 5.73 Å². The fraction of sp³-hybridized carbons (Fsp3) is 1.00. The molecule has 0 aromatic rings. The molecule has 0 aromatic carbocycles. The molecule has 2 saturated carbocycles. The molecule has 0 aromatic heterocycles. The third-order valence-electron chi connectivity index (χ3n) is 5.71. The maximum atomic E-state index is 6.15. The molecule has 2 fully saturated rings. The summed E-state index contributed by atoms with van der Waals surface area (Å²) in [4.78, 5) is 2.64. The summed E-state index contributed by atoms with van der Waals surface area (Å²) in [5.41, 5.74) is 6.48.